The fraction of sp³-hybridized carbons (Fsp3) is 0.500. The topological polar surface area (TPSA) is 130 Å². The standard InChI is InChI=1S/C18H23FN4O5S/c1-11-13(23-8-3-6-15(23)24)4-2-5-14(11)29(27,28)21-16(17(20)25)18(26)22-9-7-12(19)10-22/h2,4-5,12,16,21H,3,6-10H2,1H3,(H2,20,25)/t12-,16-/m0/s1. The second-order valence-corrected chi connectivity index (χ2v) is 8.86. The molecule has 1 aromatic rings. The van der Waals surface area contributed by atoms with Crippen molar-refractivity contribution < 1.29 is 27.2 Å². The Labute approximate surface area is 168 Å². The van der Waals surface area contributed by atoms with Gasteiger partial charge in [-0.15, -0.1) is 0 Å². The van der Waals surface area contributed by atoms with E-state index >= 15 is 0 Å². The zero-order valence-corrected chi connectivity index (χ0v) is 16.7. The first-order valence-corrected chi connectivity index (χ1v) is 10.7. The molecule has 3 N–H and O–H groups in total. The summed E-state index contributed by atoms with van der Waals surface area (Å²) in [4.78, 5) is 38.8. The Balaban J connectivity index is 1.88. The van der Waals surface area contributed by atoms with Crippen molar-refractivity contribution in [2.24, 2.45) is 5.73 Å². The SMILES string of the molecule is Cc1c(N2CCCC2=O)cccc1S(=O)(=O)N[C@@H](C(N)=O)C(=O)N1CC[C@H](F)C1. The van der Waals surface area contributed by atoms with Gasteiger partial charge >= 0.3 is 0 Å². The van der Waals surface area contributed by atoms with E-state index in [1.54, 1.807) is 13.0 Å². The van der Waals surface area contributed by atoms with Crippen LogP contribution in [0.3, 0.4) is 0 Å². The molecule has 0 bridgehead atoms. The van der Waals surface area contributed by atoms with Crippen molar-refractivity contribution in [2.75, 3.05) is 24.5 Å². The molecule has 158 valence electrons. The monoisotopic (exact) mass is 426 g/mol. The second-order valence-electron chi connectivity index (χ2n) is 7.18. The molecule has 0 spiro atoms. The molecule has 2 aliphatic heterocycles. The smallest absolute Gasteiger partial charge is 0.250 e. The summed E-state index contributed by atoms with van der Waals surface area (Å²) in [5.41, 5.74) is 6.02. The fourth-order valence-electron chi connectivity index (χ4n) is 3.64. The van der Waals surface area contributed by atoms with Crippen LogP contribution in [0.2, 0.25) is 0 Å². The molecular weight excluding hydrogens is 403 g/mol. The van der Waals surface area contributed by atoms with Crippen LogP contribution in [0.15, 0.2) is 23.1 Å². The third-order valence-electron chi connectivity index (χ3n) is 5.16. The number of amides is 3. The van der Waals surface area contributed by atoms with Gasteiger partial charge in [-0.1, -0.05) is 6.07 Å². The molecule has 9 nitrogen and oxygen atoms in total. The zero-order valence-electron chi connectivity index (χ0n) is 15.9. The Morgan fingerprint density at radius 3 is 2.59 bits per heavy atom. The van der Waals surface area contributed by atoms with Crippen LogP contribution in [0.5, 0.6) is 0 Å². The third-order valence-corrected chi connectivity index (χ3v) is 6.72. The Bertz CT molecular complexity index is 952. The van der Waals surface area contributed by atoms with Crippen molar-refractivity contribution in [1.29, 1.82) is 0 Å². The summed E-state index contributed by atoms with van der Waals surface area (Å²) in [6, 6.07) is 2.59. The van der Waals surface area contributed by atoms with Gasteiger partial charge in [-0.05, 0) is 37.5 Å². The summed E-state index contributed by atoms with van der Waals surface area (Å²) >= 11 is 0. The number of hydrogen-bond donors (Lipinski definition) is 2. The third kappa shape index (κ3) is 4.25. The minimum absolute atomic E-state index is 0.0804. The lowest BCUT2D eigenvalue weighted by atomic mass is 10.2. The highest BCUT2D eigenvalue weighted by molar-refractivity contribution is 7.89. The molecule has 0 aromatic heterocycles. The van der Waals surface area contributed by atoms with Gasteiger partial charge in [-0.3, -0.25) is 14.4 Å². The van der Waals surface area contributed by atoms with E-state index in [4.69, 9.17) is 5.73 Å². The Morgan fingerprint density at radius 1 is 1.31 bits per heavy atom. The van der Waals surface area contributed by atoms with Crippen molar-refractivity contribution in [2.45, 2.75) is 43.3 Å². The van der Waals surface area contributed by atoms with E-state index in [2.05, 4.69) is 4.72 Å². The summed E-state index contributed by atoms with van der Waals surface area (Å²) in [7, 11) is -4.32. The Kier molecular flexibility index (Phi) is 5.90. The van der Waals surface area contributed by atoms with Gasteiger partial charge < -0.3 is 15.5 Å². The molecule has 2 fully saturated rings. The number of halogens is 1. The number of rotatable bonds is 6. The van der Waals surface area contributed by atoms with Gasteiger partial charge in [0.2, 0.25) is 21.8 Å². The molecule has 1 aromatic carbocycles. The van der Waals surface area contributed by atoms with Crippen LogP contribution in [0.4, 0.5) is 10.1 Å². The maximum atomic E-state index is 13.4. The number of carbonyl (C=O) groups is 3. The molecule has 0 saturated carbocycles. The van der Waals surface area contributed by atoms with Crippen LogP contribution in [0.25, 0.3) is 0 Å². The van der Waals surface area contributed by atoms with Gasteiger partial charge in [0.15, 0.2) is 6.04 Å². The average molecular weight is 426 g/mol. The number of nitrogens with one attached hydrogen (secondary N) is 1. The van der Waals surface area contributed by atoms with Crippen LogP contribution in [0.1, 0.15) is 24.8 Å². The van der Waals surface area contributed by atoms with Crippen LogP contribution >= 0.6 is 0 Å². The molecular formula is C18H23FN4O5S. The molecule has 0 radical (unpaired) electrons. The van der Waals surface area contributed by atoms with Crippen molar-refractivity contribution in [3.8, 4) is 0 Å². The van der Waals surface area contributed by atoms with Crippen molar-refractivity contribution in [3.63, 3.8) is 0 Å². The Hall–Kier alpha value is -2.53. The summed E-state index contributed by atoms with van der Waals surface area (Å²) in [6.45, 7) is 1.90. The number of benzene rings is 1. The molecule has 2 atom stereocenters. The van der Waals surface area contributed by atoms with E-state index in [1.165, 1.54) is 17.0 Å². The first-order chi connectivity index (χ1) is 13.6. The van der Waals surface area contributed by atoms with Crippen LogP contribution in [-0.2, 0) is 24.4 Å². The predicted molar refractivity (Wildman–Crippen MR) is 102 cm³/mol. The molecule has 2 heterocycles. The van der Waals surface area contributed by atoms with Gasteiger partial charge in [0.25, 0.3) is 5.91 Å². The van der Waals surface area contributed by atoms with Gasteiger partial charge in [0.1, 0.15) is 6.17 Å². The van der Waals surface area contributed by atoms with E-state index in [0.29, 0.717) is 30.6 Å². The number of nitrogens with two attached hydrogens (primary N) is 1. The van der Waals surface area contributed by atoms with E-state index < -0.39 is 34.1 Å². The lowest BCUT2D eigenvalue weighted by Gasteiger charge is -2.23. The van der Waals surface area contributed by atoms with E-state index in [1.807, 2.05) is 0 Å². The molecule has 0 unspecified atom stereocenters. The molecule has 0 aliphatic carbocycles. The highest BCUT2D eigenvalue weighted by Gasteiger charge is 2.37. The largest absolute Gasteiger partial charge is 0.368 e. The summed E-state index contributed by atoms with van der Waals surface area (Å²) in [6.07, 6.45) is -0.0363. The maximum Gasteiger partial charge on any atom is 0.250 e. The number of sulfonamides is 1. The van der Waals surface area contributed by atoms with Crippen LogP contribution in [-0.4, -0.2) is 62.9 Å². The molecule has 3 amide bonds. The molecule has 3 rings (SSSR count). The molecule has 11 heteroatoms. The first-order valence-electron chi connectivity index (χ1n) is 9.26. The lowest BCUT2D eigenvalue weighted by Crippen LogP contribution is -2.54. The summed E-state index contributed by atoms with van der Waals surface area (Å²) < 4.78 is 41.3. The van der Waals surface area contributed by atoms with E-state index in [0.717, 1.165) is 4.90 Å². The summed E-state index contributed by atoms with van der Waals surface area (Å²) in [5.74, 6) is -2.16. The minimum atomic E-state index is -4.32. The van der Waals surface area contributed by atoms with E-state index in [9.17, 15) is 27.2 Å². The zero-order chi connectivity index (χ0) is 21.3. The van der Waals surface area contributed by atoms with Gasteiger partial charge in [0.05, 0.1) is 11.4 Å². The first kappa shape index (κ1) is 21.2. The minimum Gasteiger partial charge on any atom is -0.368 e. The number of nitrogens with zero attached hydrogens (tertiary/aromatic N) is 2. The van der Waals surface area contributed by atoms with Gasteiger partial charge in [-0.2, -0.15) is 4.72 Å². The molecule has 2 saturated heterocycles. The number of likely N-dealkylation sites (tertiary alicyclic amines) is 1. The van der Waals surface area contributed by atoms with Crippen LogP contribution in [0, 0.1) is 6.92 Å². The predicted octanol–water partition coefficient (Wildman–Crippen LogP) is -0.176. The highest BCUT2D eigenvalue weighted by Crippen LogP contribution is 2.29. The summed E-state index contributed by atoms with van der Waals surface area (Å²) in [5, 5.41) is 0. The van der Waals surface area contributed by atoms with Gasteiger partial charge in [0, 0.05) is 25.2 Å². The second kappa shape index (κ2) is 8.07. The number of hydrogen-bond acceptors (Lipinski definition) is 5. The number of carbonyl (C=O) groups excluding carboxylic acids is 3. The van der Waals surface area contributed by atoms with Crippen LogP contribution < -0.4 is 15.4 Å². The normalized spacial score (nSPS) is 20.9. The van der Waals surface area contributed by atoms with E-state index in [-0.39, 0.29) is 30.3 Å². The number of anilines is 1. The lowest BCUT2D eigenvalue weighted by molar-refractivity contribution is -0.137. The van der Waals surface area contributed by atoms with Crippen molar-refractivity contribution in [3.05, 3.63) is 23.8 Å². The fourth-order valence-corrected chi connectivity index (χ4v) is 5.06. The maximum absolute atomic E-state index is 13.4. The highest BCUT2D eigenvalue weighted by atomic mass is 32.2. The molecule has 29 heavy (non-hydrogen) atoms. The number of primary amides is 1. The average Bonchev–Trinajstić information content (AvgIpc) is 3.27. The molecule has 2 aliphatic rings. The quantitative estimate of drug-likeness (QED) is 0.610. The van der Waals surface area contributed by atoms with Crippen molar-refractivity contribution >= 4 is 33.4 Å². The van der Waals surface area contributed by atoms with Crippen molar-refractivity contribution in [1.82, 2.24) is 9.62 Å². The van der Waals surface area contributed by atoms with Gasteiger partial charge in [-0.25, -0.2) is 12.8 Å². The Morgan fingerprint density at radius 2 is 2.03 bits per heavy atom. The number of alkyl halides is 1.